The van der Waals surface area contributed by atoms with Crippen molar-refractivity contribution in [3.63, 3.8) is 0 Å². The molecular formula is C14H21NO2. The van der Waals surface area contributed by atoms with Gasteiger partial charge in [-0.05, 0) is 50.5 Å². The van der Waals surface area contributed by atoms with Crippen molar-refractivity contribution in [1.29, 1.82) is 0 Å². The Balaban J connectivity index is 2.32. The van der Waals surface area contributed by atoms with Gasteiger partial charge in [0.15, 0.2) is 0 Å². The Morgan fingerprint density at radius 3 is 2.82 bits per heavy atom. The van der Waals surface area contributed by atoms with E-state index >= 15 is 0 Å². The molecule has 1 unspecified atom stereocenters. The van der Waals surface area contributed by atoms with Gasteiger partial charge >= 0.3 is 0 Å². The average molecular weight is 235 g/mol. The van der Waals surface area contributed by atoms with Crippen LogP contribution in [-0.2, 0) is 6.42 Å². The SMILES string of the molecule is COc1ccc2c(c1)CC(CCO)N2C(C)C. The van der Waals surface area contributed by atoms with Crippen molar-refractivity contribution in [2.24, 2.45) is 0 Å². The smallest absolute Gasteiger partial charge is 0.119 e. The summed E-state index contributed by atoms with van der Waals surface area (Å²) in [5, 5.41) is 9.15. The summed E-state index contributed by atoms with van der Waals surface area (Å²) < 4.78 is 5.26. The van der Waals surface area contributed by atoms with Gasteiger partial charge in [0.1, 0.15) is 5.75 Å². The lowest BCUT2D eigenvalue weighted by Crippen LogP contribution is -2.38. The largest absolute Gasteiger partial charge is 0.497 e. The van der Waals surface area contributed by atoms with Gasteiger partial charge < -0.3 is 14.7 Å². The van der Waals surface area contributed by atoms with E-state index in [4.69, 9.17) is 9.84 Å². The van der Waals surface area contributed by atoms with E-state index in [0.717, 1.165) is 18.6 Å². The molecule has 1 aromatic rings. The summed E-state index contributed by atoms with van der Waals surface area (Å²) in [6.45, 7) is 4.65. The standard InChI is InChI=1S/C14H21NO2/c1-10(2)15-12(6-7-16)8-11-9-13(17-3)4-5-14(11)15/h4-5,9-10,12,16H,6-8H2,1-3H3. The maximum Gasteiger partial charge on any atom is 0.119 e. The van der Waals surface area contributed by atoms with Crippen molar-refractivity contribution in [3.05, 3.63) is 23.8 Å². The summed E-state index contributed by atoms with van der Waals surface area (Å²) in [4.78, 5) is 2.41. The molecule has 0 amide bonds. The molecule has 2 rings (SSSR count). The molecule has 0 aromatic heterocycles. The Bertz CT molecular complexity index is 390. The van der Waals surface area contributed by atoms with Gasteiger partial charge in [0.25, 0.3) is 0 Å². The van der Waals surface area contributed by atoms with Crippen molar-refractivity contribution >= 4 is 5.69 Å². The van der Waals surface area contributed by atoms with Gasteiger partial charge in [-0.25, -0.2) is 0 Å². The molecule has 0 aliphatic carbocycles. The van der Waals surface area contributed by atoms with E-state index in [1.54, 1.807) is 7.11 Å². The summed E-state index contributed by atoms with van der Waals surface area (Å²) >= 11 is 0. The van der Waals surface area contributed by atoms with Gasteiger partial charge in [0, 0.05) is 24.4 Å². The maximum absolute atomic E-state index is 9.15. The highest BCUT2D eigenvalue weighted by molar-refractivity contribution is 5.62. The Morgan fingerprint density at radius 1 is 1.47 bits per heavy atom. The maximum atomic E-state index is 9.15. The van der Waals surface area contributed by atoms with Gasteiger partial charge in [-0.15, -0.1) is 0 Å². The van der Waals surface area contributed by atoms with Gasteiger partial charge in [0.2, 0.25) is 0 Å². The number of hydrogen-bond donors (Lipinski definition) is 1. The van der Waals surface area contributed by atoms with Crippen molar-refractivity contribution in [3.8, 4) is 5.75 Å². The third kappa shape index (κ3) is 2.25. The quantitative estimate of drug-likeness (QED) is 0.868. The molecule has 0 bridgehead atoms. The number of ether oxygens (including phenoxy) is 1. The minimum atomic E-state index is 0.249. The first kappa shape index (κ1) is 12.2. The van der Waals surface area contributed by atoms with Crippen LogP contribution in [0.3, 0.4) is 0 Å². The molecule has 0 saturated heterocycles. The molecule has 0 saturated carbocycles. The first-order valence-electron chi connectivity index (χ1n) is 6.23. The number of nitrogens with zero attached hydrogens (tertiary/aromatic N) is 1. The molecule has 1 atom stereocenters. The fourth-order valence-corrected chi connectivity index (χ4v) is 2.74. The van der Waals surface area contributed by atoms with E-state index in [1.807, 2.05) is 6.07 Å². The van der Waals surface area contributed by atoms with Gasteiger partial charge in [-0.3, -0.25) is 0 Å². The number of aliphatic hydroxyl groups is 1. The minimum Gasteiger partial charge on any atom is -0.497 e. The Morgan fingerprint density at radius 2 is 2.24 bits per heavy atom. The van der Waals surface area contributed by atoms with E-state index in [1.165, 1.54) is 11.3 Å². The number of fused-ring (bicyclic) bond motifs is 1. The highest BCUT2D eigenvalue weighted by Crippen LogP contribution is 2.37. The van der Waals surface area contributed by atoms with Crippen LogP contribution in [0.1, 0.15) is 25.8 Å². The first-order chi connectivity index (χ1) is 8.17. The number of anilines is 1. The second kappa shape index (κ2) is 4.96. The van der Waals surface area contributed by atoms with Crippen LogP contribution in [0.15, 0.2) is 18.2 Å². The third-order valence-electron chi connectivity index (χ3n) is 3.43. The van der Waals surface area contributed by atoms with Crippen molar-refractivity contribution in [2.75, 3.05) is 18.6 Å². The lowest BCUT2D eigenvalue weighted by atomic mass is 10.1. The zero-order valence-corrected chi connectivity index (χ0v) is 10.8. The van der Waals surface area contributed by atoms with Crippen LogP contribution < -0.4 is 9.64 Å². The molecule has 1 aliphatic rings. The Kier molecular flexibility index (Phi) is 3.57. The summed E-state index contributed by atoms with van der Waals surface area (Å²) in [6.07, 6.45) is 1.83. The minimum absolute atomic E-state index is 0.249. The van der Waals surface area contributed by atoms with Crippen LogP contribution >= 0.6 is 0 Å². The fraction of sp³-hybridized carbons (Fsp3) is 0.571. The van der Waals surface area contributed by atoms with Crippen molar-refractivity contribution in [2.45, 2.75) is 38.8 Å². The average Bonchev–Trinajstić information content (AvgIpc) is 2.66. The van der Waals surface area contributed by atoms with E-state index in [2.05, 4.69) is 30.9 Å². The van der Waals surface area contributed by atoms with Crippen LogP contribution in [0.4, 0.5) is 5.69 Å². The summed E-state index contributed by atoms with van der Waals surface area (Å²) in [6, 6.07) is 7.13. The van der Waals surface area contributed by atoms with Crippen LogP contribution in [0.2, 0.25) is 0 Å². The lowest BCUT2D eigenvalue weighted by molar-refractivity contribution is 0.272. The molecule has 0 spiro atoms. The predicted molar refractivity (Wildman–Crippen MR) is 69.8 cm³/mol. The summed E-state index contributed by atoms with van der Waals surface area (Å²) in [5.41, 5.74) is 2.62. The molecule has 3 nitrogen and oxygen atoms in total. The van der Waals surface area contributed by atoms with Crippen LogP contribution in [0.25, 0.3) is 0 Å². The number of benzene rings is 1. The Labute approximate surface area is 103 Å². The number of methoxy groups -OCH3 is 1. The molecule has 17 heavy (non-hydrogen) atoms. The normalized spacial score (nSPS) is 18.6. The molecule has 0 radical (unpaired) electrons. The van der Waals surface area contributed by atoms with Crippen LogP contribution in [0, 0.1) is 0 Å². The zero-order valence-electron chi connectivity index (χ0n) is 10.8. The third-order valence-corrected chi connectivity index (χ3v) is 3.43. The van der Waals surface area contributed by atoms with Crippen molar-refractivity contribution < 1.29 is 9.84 Å². The van der Waals surface area contributed by atoms with Crippen molar-refractivity contribution in [1.82, 2.24) is 0 Å². The van der Waals surface area contributed by atoms with E-state index < -0.39 is 0 Å². The van der Waals surface area contributed by atoms with Gasteiger partial charge in [-0.1, -0.05) is 0 Å². The van der Waals surface area contributed by atoms with Gasteiger partial charge in [-0.2, -0.15) is 0 Å². The monoisotopic (exact) mass is 235 g/mol. The highest BCUT2D eigenvalue weighted by Gasteiger charge is 2.30. The topological polar surface area (TPSA) is 32.7 Å². The summed E-state index contributed by atoms with van der Waals surface area (Å²) in [7, 11) is 1.70. The van der Waals surface area contributed by atoms with E-state index in [0.29, 0.717) is 12.1 Å². The molecule has 1 aliphatic heterocycles. The molecule has 94 valence electrons. The molecule has 3 heteroatoms. The van der Waals surface area contributed by atoms with E-state index in [9.17, 15) is 0 Å². The molecule has 1 N–H and O–H groups in total. The number of rotatable bonds is 4. The lowest BCUT2D eigenvalue weighted by Gasteiger charge is -2.31. The number of hydrogen-bond acceptors (Lipinski definition) is 3. The van der Waals surface area contributed by atoms with E-state index in [-0.39, 0.29) is 6.61 Å². The second-order valence-corrected chi connectivity index (χ2v) is 4.87. The van der Waals surface area contributed by atoms with Crippen LogP contribution in [-0.4, -0.2) is 30.9 Å². The van der Waals surface area contributed by atoms with Gasteiger partial charge in [0.05, 0.1) is 7.11 Å². The predicted octanol–water partition coefficient (Wildman–Crippen LogP) is 2.22. The zero-order chi connectivity index (χ0) is 12.4. The fourth-order valence-electron chi connectivity index (χ4n) is 2.74. The van der Waals surface area contributed by atoms with Crippen LogP contribution in [0.5, 0.6) is 5.75 Å². The first-order valence-corrected chi connectivity index (χ1v) is 6.23. The Hall–Kier alpha value is -1.22. The highest BCUT2D eigenvalue weighted by atomic mass is 16.5. The molecule has 1 aromatic carbocycles. The molecule has 0 fully saturated rings. The number of aliphatic hydroxyl groups excluding tert-OH is 1. The summed E-state index contributed by atoms with van der Waals surface area (Å²) in [5.74, 6) is 0.914. The second-order valence-electron chi connectivity index (χ2n) is 4.87. The molecular weight excluding hydrogens is 214 g/mol. The molecule has 1 heterocycles.